The van der Waals surface area contributed by atoms with Gasteiger partial charge in [-0.15, -0.1) is 0 Å². The summed E-state index contributed by atoms with van der Waals surface area (Å²) in [6, 6.07) is 5.97. The van der Waals surface area contributed by atoms with Crippen LogP contribution >= 0.6 is 12.2 Å². The van der Waals surface area contributed by atoms with Crippen LogP contribution in [0.3, 0.4) is 0 Å². The Kier molecular flexibility index (Phi) is 6.07. The zero-order valence-corrected chi connectivity index (χ0v) is 14.1. The zero-order valence-electron chi connectivity index (χ0n) is 13.3. The van der Waals surface area contributed by atoms with E-state index in [1.807, 2.05) is 12.1 Å². The standard InChI is InChI=1S/C17H23N3OS/c1-3-5-6-10-15(21)19-20-16-13(9-7-11-18-16)12-14(8-4-2)17(20)22/h7,9,11-12H,3-6,8,10H2,1-2H3,(H,19,21). The summed E-state index contributed by atoms with van der Waals surface area (Å²) in [6.45, 7) is 4.25. The molecule has 0 fully saturated rings. The maximum absolute atomic E-state index is 12.1. The van der Waals surface area contributed by atoms with Crippen LogP contribution in [0.25, 0.3) is 11.0 Å². The second kappa shape index (κ2) is 8.03. The SMILES string of the molecule is CCCCCC(=O)Nn1c(=S)c(CCC)cc2cccnc21. The van der Waals surface area contributed by atoms with E-state index < -0.39 is 0 Å². The number of unbranched alkanes of at least 4 members (excludes halogenated alkanes) is 2. The number of fused-ring (bicyclic) bond motifs is 1. The first-order chi connectivity index (χ1) is 10.7. The van der Waals surface area contributed by atoms with Crippen LogP contribution in [0.5, 0.6) is 0 Å². The molecule has 0 saturated carbocycles. The Bertz CT molecular complexity index is 709. The van der Waals surface area contributed by atoms with E-state index in [1.165, 1.54) is 0 Å². The lowest BCUT2D eigenvalue weighted by Gasteiger charge is -2.14. The number of aryl methyl sites for hydroxylation is 1. The highest BCUT2D eigenvalue weighted by Crippen LogP contribution is 2.16. The first-order valence-corrected chi connectivity index (χ1v) is 8.37. The van der Waals surface area contributed by atoms with Crippen LogP contribution in [-0.4, -0.2) is 15.6 Å². The van der Waals surface area contributed by atoms with Gasteiger partial charge in [0.2, 0.25) is 5.91 Å². The molecule has 2 heterocycles. The lowest BCUT2D eigenvalue weighted by atomic mass is 10.1. The summed E-state index contributed by atoms with van der Waals surface area (Å²) in [5.74, 6) is -0.00912. The first kappa shape index (κ1) is 16.6. The van der Waals surface area contributed by atoms with Gasteiger partial charge in [0.15, 0.2) is 5.65 Å². The molecule has 1 N–H and O–H groups in total. The maximum atomic E-state index is 12.1. The summed E-state index contributed by atoms with van der Waals surface area (Å²) < 4.78 is 2.32. The summed E-state index contributed by atoms with van der Waals surface area (Å²) >= 11 is 5.55. The summed E-state index contributed by atoms with van der Waals surface area (Å²) in [5.41, 5.74) is 4.70. The summed E-state index contributed by atoms with van der Waals surface area (Å²) in [7, 11) is 0. The minimum absolute atomic E-state index is 0.00912. The van der Waals surface area contributed by atoms with Crippen molar-refractivity contribution in [3.05, 3.63) is 34.6 Å². The molecule has 2 rings (SSSR count). The molecule has 1 amide bonds. The fourth-order valence-electron chi connectivity index (χ4n) is 2.47. The topological polar surface area (TPSA) is 46.9 Å². The van der Waals surface area contributed by atoms with Crippen molar-refractivity contribution in [2.45, 2.75) is 52.4 Å². The van der Waals surface area contributed by atoms with Gasteiger partial charge >= 0.3 is 0 Å². The van der Waals surface area contributed by atoms with E-state index in [0.29, 0.717) is 16.7 Å². The molecule has 0 aliphatic rings. The molecule has 0 unspecified atom stereocenters. The van der Waals surface area contributed by atoms with E-state index in [-0.39, 0.29) is 5.91 Å². The third kappa shape index (κ3) is 3.91. The average Bonchev–Trinajstić information content (AvgIpc) is 2.52. The lowest BCUT2D eigenvalue weighted by molar-refractivity contribution is -0.117. The van der Waals surface area contributed by atoms with E-state index in [4.69, 9.17) is 12.2 Å². The van der Waals surface area contributed by atoms with Crippen molar-refractivity contribution in [1.82, 2.24) is 9.66 Å². The molecule has 0 bridgehead atoms. The average molecular weight is 317 g/mol. The van der Waals surface area contributed by atoms with Gasteiger partial charge in [-0.25, -0.2) is 9.66 Å². The van der Waals surface area contributed by atoms with E-state index in [2.05, 4.69) is 30.3 Å². The third-order valence-electron chi connectivity index (χ3n) is 3.60. The Morgan fingerprint density at radius 3 is 2.86 bits per heavy atom. The van der Waals surface area contributed by atoms with Gasteiger partial charge in [0.05, 0.1) is 0 Å². The predicted molar refractivity (Wildman–Crippen MR) is 93.1 cm³/mol. The molecule has 0 atom stereocenters. The van der Waals surface area contributed by atoms with Crippen molar-refractivity contribution < 1.29 is 4.79 Å². The van der Waals surface area contributed by atoms with Crippen molar-refractivity contribution in [2.24, 2.45) is 0 Å². The molecule has 0 aliphatic heterocycles. The number of carbonyl (C=O) groups excluding carboxylic acids is 1. The summed E-state index contributed by atoms with van der Waals surface area (Å²) in [4.78, 5) is 16.5. The van der Waals surface area contributed by atoms with Crippen LogP contribution in [0.1, 0.15) is 51.5 Å². The quantitative estimate of drug-likeness (QED) is 0.609. The highest BCUT2D eigenvalue weighted by Gasteiger charge is 2.09. The molecule has 0 aromatic carbocycles. The number of rotatable bonds is 7. The van der Waals surface area contributed by atoms with Crippen LogP contribution in [0.15, 0.2) is 24.4 Å². The number of pyridine rings is 2. The fourth-order valence-corrected chi connectivity index (χ4v) is 2.76. The van der Waals surface area contributed by atoms with Gasteiger partial charge < -0.3 is 0 Å². The normalized spacial score (nSPS) is 10.8. The molecule has 118 valence electrons. The maximum Gasteiger partial charge on any atom is 0.238 e. The highest BCUT2D eigenvalue weighted by atomic mass is 32.1. The number of hydrogen-bond donors (Lipinski definition) is 1. The van der Waals surface area contributed by atoms with Crippen LogP contribution in [-0.2, 0) is 11.2 Å². The van der Waals surface area contributed by atoms with Gasteiger partial charge in [0, 0.05) is 18.0 Å². The molecule has 0 saturated heterocycles. The van der Waals surface area contributed by atoms with Crippen molar-refractivity contribution in [3.63, 3.8) is 0 Å². The molecule has 0 spiro atoms. The summed E-state index contributed by atoms with van der Waals surface area (Å²) in [6.07, 6.45) is 7.21. The summed E-state index contributed by atoms with van der Waals surface area (Å²) in [5, 5.41) is 0.994. The second-order valence-corrected chi connectivity index (χ2v) is 5.86. The van der Waals surface area contributed by atoms with Gasteiger partial charge in [-0.1, -0.05) is 45.3 Å². The molecule has 0 radical (unpaired) electrons. The van der Waals surface area contributed by atoms with Gasteiger partial charge in [-0.05, 0) is 36.6 Å². The number of aromatic nitrogens is 2. The Morgan fingerprint density at radius 2 is 2.14 bits per heavy atom. The van der Waals surface area contributed by atoms with Crippen LogP contribution < -0.4 is 5.43 Å². The largest absolute Gasteiger partial charge is 0.273 e. The molecule has 2 aromatic rings. The van der Waals surface area contributed by atoms with Crippen LogP contribution in [0, 0.1) is 4.64 Å². The van der Waals surface area contributed by atoms with Crippen molar-refractivity contribution in [1.29, 1.82) is 0 Å². The highest BCUT2D eigenvalue weighted by molar-refractivity contribution is 7.71. The minimum Gasteiger partial charge on any atom is -0.273 e. The van der Waals surface area contributed by atoms with E-state index in [0.717, 1.165) is 43.1 Å². The van der Waals surface area contributed by atoms with Crippen molar-refractivity contribution >= 4 is 29.2 Å². The molecule has 2 aromatic heterocycles. The predicted octanol–water partition coefficient (Wildman–Crippen LogP) is 4.37. The molecular weight excluding hydrogens is 294 g/mol. The molecule has 0 aliphatic carbocycles. The van der Waals surface area contributed by atoms with E-state index in [9.17, 15) is 4.79 Å². The first-order valence-electron chi connectivity index (χ1n) is 7.96. The number of carbonyl (C=O) groups is 1. The van der Waals surface area contributed by atoms with Crippen LogP contribution in [0.4, 0.5) is 0 Å². The van der Waals surface area contributed by atoms with Gasteiger partial charge in [-0.3, -0.25) is 10.2 Å². The molecule has 5 heteroatoms. The molecule has 4 nitrogen and oxygen atoms in total. The number of nitrogens with zero attached hydrogens (tertiary/aromatic N) is 2. The van der Waals surface area contributed by atoms with Crippen molar-refractivity contribution in [2.75, 3.05) is 5.43 Å². The van der Waals surface area contributed by atoms with E-state index >= 15 is 0 Å². The number of nitrogens with one attached hydrogen (secondary N) is 1. The van der Waals surface area contributed by atoms with Crippen molar-refractivity contribution in [3.8, 4) is 0 Å². The van der Waals surface area contributed by atoms with Gasteiger partial charge in [0.1, 0.15) is 4.64 Å². The number of hydrogen-bond acceptors (Lipinski definition) is 3. The monoisotopic (exact) mass is 317 g/mol. The molecular formula is C17H23N3OS. The number of amides is 1. The van der Waals surface area contributed by atoms with Crippen LogP contribution in [0.2, 0.25) is 0 Å². The van der Waals surface area contributed by atoms with Gasteiger partial charge in [-0.2, -0.15) is 0 Å². The third-order valence-corrected chi connectivity index (χ3v) is 4.04. The Labute approximate surface area is 136 Å². The Balaban J connectivity index is 2.35. The smallest absolute Gasteiger partial charge is 0.238 e. The lowest BCUT2D eigenvalue weighted by Crippen LogP contribution is -2.25. The Morgan fingerprint density at radius 1 is 1.32 bits per heavy atom. The van der Waals surface area contributed by atoms with E-state index in [1.54, 1.807) is 10.9 Å². The molecule has 22 heavy (non-hydrogen) atoms. The minimum atomic E-state index is -0.00912. The zero-order chi connectivity index (χ0) is 15.9. The fraction of sp³-hybridized carbons (Fsp3) is 0.471. The second-order valence-electron chi connectivity index (χ2n) is 5.47. The van der Waals surface area contributed by atoms with Gasteiger partial charge in [0.25, 0.3) is 0 Å². The Hall–Kier alpha value is -1.75.